The van der Waals surface area contributed by atoms with E-state index in [9.17, 15) is 8.42 Å². The minimum atomic E-state index is -2.90. The van der Waals surface area contributed by atoms with Crippen LogP contribution in [0.1, 0.15) is 31.2 Å². The molecule has 4 rings (SSSR count). The number of hydrogen-bond acceptors (Lipinski definition) is 2. The molecule has 0 aromatic heterocycles. The minimum Gasteiger partial charge on any atom is -0.228 e. The van der Waals surface area contributed by atoms with Crippen LogP contribution in [0.5, 0.6) is 0 Å². The van der Waals surface area contributed by atoms with E-state index in [1.54, 1.807) is 0 Å². The van der Waals surface area contributed by atoms with Gasteiger partial charge >= 0.3 is 0 Å². The maximum atomic E-state index is 12.3. The summed E-state index contributed by atoms with van der Waals surface area (Å²) in [5.74, 6) is 0. The Morgan fingerprint density at radius 2 is 1.82 bits per heavy atom. The second-order valence-electron chi connectivity index (χ2n) is 6.57. The van der Waals surface area contributed by atoms with Crippen LogP contribution in [0.3, 0.4) is 0 Å². The van der Waals surface area contributed by atoms with E-state index in [0.29, 0.717) is 0 Å². The fraction of sp³-hybridized carbons (Fsp3) is 0.368. The third kappa shape index (κ3) is 2.38. The Balaban J connectivity index is 1.64. The van der Waals surface area contributed by atoms with E-state index in [-0.39, 0.29) is 10.5 Å². The van der Waals surface area contributed by atoms with Crippen LogP contribution in [0, 0.1) is 0 Å². The zero-order valence-electron chi connectivity index (χ0n) is 12.5. The molecule has 3 heteroatoms. The summed E-state index contributed by atoms with van der Waals surface area (Å²) in [6, 6.07) is 14.9. The van der Waals surface area contributed by atoms with E-state index in [0.717, 1.165) is 32.1 Å². The minimum absolute atomic E-state index is 0.133. The van der Waals surface area contributed by atoms with E-state index in [4.69, 9.17) is 0 Å². The highest BCUT2D eigenvalue weighted by Crippen LogP contribution is 2.36. The van der Waals surface area contributed by atoms with Crippen LogP contribution in [0.15, 0.2) is 54.1 Å². The van der Waals surface area contributed by atoms with E-state index in [1.807, 2.05) is 6.08 Å². The topological polar surface area (TPSA) is 34.1 Å². The molecule has 2 bridgehead atoms. The first-order valence-electron chi connectivity index (χ1n) is 8.03. The maximum Gasteiger partial charge on any atom is 0.159 e. The first-order chi connectivity index (χ1) is 10.6. The van der Waals surface area contributed by atoms with Crippen molar-refractivity contribution in [1.82, 2.24) is 0 Å². The molecule has 2 aromatic carbocycles. The summed E-state index contributed by atoms with van der Waals surface area (Å²) >= 11 is 0. The second-order valence-corrected chi connectivity index (χ2v) is 9.02. The molecule has 0 N–H and O–H groups in total. The largest absolute Gasteiger partial charge is 0.228 e. The molecule has 22 heavy (non-hydrogen) atoms. The molecule has 0 amide bonds. The maximum absolute atomic E-state index is 12.3. The van der Waals surface area contributed by atoms with Gasteiger partial charge in [0.1, 0.15) is 0 Å². The van der Waals surface area contributed by atoms with Crippen molar-refractivity contribution in [2.24, 2.45) is 0 Å². The SMILES string of the molecule is O=S1(=O)C2C=C(Cc3ccc4ccccc4c3)CC1CCC2. The van der Waals surface area contributed by atoms with Crippen molar-refractivity contribution in [2.45, 2.75) is 42.6 Å². The standard InChI is InChI=1S/C19H20O2S/c20-22(21)18-6-3-7-19(22)13-15(12-18)10-14-8-9-16-4-1-2-5-17(16)11-14/h1-2,4-5,8-9,11-12,18-19H,3,6-7,10,13H2. The number of allylic oxidation sites excluding steroid dienone is 1. The van der Waals surface area contributed by atoms with Crippen molar-refractivity contribution in [3.05, 3.63) is 59.7 Å². The highest BCUT2D eigenvalue weighted by atomic mass is 32.2. The summed E-state index contributed by atoms with van der Waals surface area (Å²) < 4.78 is 24.6. The van der Waals surface area contributed by atoms with Gasteiger partial charge in [0.2, 0.25) is 0 Å². The summed E-state index contributed by atoms with van der Waals surface area (Å²) in [4.78, 5) is 0. The van der Waals surface area contributed by atoms with Crippen molar-refractivity contribution >= 4 is 20.6 Å². The molecule has 2 aromatic rings. The Hall–Kier alpha value is -1.61. The lowest BCUT2D eigenvalue weighted by Gasteiger charge is -2.33. The molecule has 0 radical (unpaired) electrons. The van der Waals surface area contributed by atoms with Gasteiger partial charge in [0.05, 0.1) is 10.5 Å². The molecule has 114 valence electrons. The summed E-state index contributed by atoms with van der Waals surface area (Å²) in [7, 11) is -2.90. The van der Waals surface area contributed by atoms with Crippen molar-refractivity contribution in [3.63, 3.8) is 0 Å². The monoisotopic (exact) mass is 312 g/mol. The Morgan fingerprint density at radius 3 is 2.64 bits per heavy atom. The van der Waals surface area contributed by atoms with Gasteiger partial charge < -0.3 is 0 Å². The molecule has 2 atom stereocenters. The van der Waals surface area contributed by atoms with Gasteiger partial charge in [0.25, 0.3) is 0 Å². The average Bonchev–Trinajstić information content (AvgIpc) is 2.48. The molecular formula is C19H20O2S. The Labute approximate surface area is 131 Å². The average molecular weight is 312 g/mol. The van der Waals surface area contributed by atoms with Crippen LogP contribution in [0.25, 0.3) is 10.8 Å². The van der Waals surface area contributed by atoms with Gasteiger partial charge in [0.15, 0.2) is 9.84 Å². The quantitative estimate of drug-likeness (QED) is 0.784. The predicted octanol–water partition coefficient (Wildman–Crippen LogP) is 4.05. The molecule has 2 aliphatic heterocycles. The molecule has 2 aliphatic rings. The van der Waals surface area contributed by atoms with Gasteiger partial charge in [0, 0.05) is 0 Å². The number of sulfone groups is 1. The lowest BCUT2D eigenvalue weighted by molar-refractivity contribution is 0.507. The van der Waals surface area contributed by atoms with Crippen LogP contribution in [0.2, 0.25) is 0 Å². The lowest BCUT2D eigenvalue weighted by Crippen LogP contribution is -2.39. The molecule has 1 saturated heterocycles. The summed E-state index contributed by atoms with van der Waals surface area (Å²) in [6.45, 7) is 0. The van der Waals surface area contributed by atoms with Gasteiger partial charge in [-0.3, -0.25) is 0 Å². The molecule has 0 spiro atoms. The van der Waals surface area contributed by atoms with Gasteiger partial charge in [-0.25, -0.2) is 8.42 Å². The Bertz CT molecular complexity index is 849. The molecule has 2 heterocycles. The number of rotatable bonds is 2. The summed E-state index contributed by atoms with van der Waals surface area (Å²) in [5.41, 5.74) is 2.59. The highest BCUT2D eigenvalue weighted by molar-refractivity contribution is 7.92. The zero-order chi connectivity index (χ0) is 15.2. The Morgan fingerprint density at radius 1 is 1.00 bits per heavy atom. The number of benzene rings is 2. The molecular weight excluding hydrogens is 292 g/mol. The van der Waals surface area contributed by atoms with Crippen LogP contribution in [0.4, 0.5) is 0 Å². The van der Waals surface area contributed by atoms with Crippen LogP contribution in [-0.4, -0.2) is 18.9 Å². The molecule has 2 unspecified atom stereocenters. The van der Waals surface area contributed by atoms with Crippen LogP contribution in [-0.2, 0) is 16.3 Å². The fourth-order valence-corrected chi connectivity index (χ4v) is 6.20. The highest BCUT2D eigenvalue weighted by Gasteiger charge is 2.39. The lowest BCUT2D eigenvalue weighted by atomic mass is 9.93. The normalized spacial score (nSPS) is 26.6. The van der Waals surface area contributed by atoms with Crippen molar-refractivity contribution in [1.29, 1.82) is 0 Å². The van der Waals surface area contributed by atoms with Crippen LogP contribution >= 0.6 is 0 Å². The molecule has 0 saturated carbocycles. The van der Waals surface area contributed by atoms with Crippen LogP contribution < -0.4 is 0 Å². The summed E-state index contributed by atoms with van der Waals surface area (Å²) in [5, 5.41) is 2.15. The van der Waals surface area contributed by atoms with Gasteiger partial charge in [-0.1, -0.05) is 60.5 Å². The van der Waals surface area contributed by atoms with E-state index in [1.165, 1.54) is 21.9 Å². The number of hydrogen-bond donors (Lipinski definition) is 0. The van der Waals surface area contributed by atoms with Gasteiger partial charge in [-0.15, -0.1) is 0 Å². The van der Waals surface area contributed by atoms with Gasteiger partial charge in [-0.2, -0.15) is 0 Å². The first kappa shape index (κ1) is 14.0. The van der Waals surface area contributed by atoms with E-state index in [2.05, 4.69) is 42.5 Å². The molecule has 0 aliphatic carbocycles. The third-order valence-electron chi connectivity index (χ3n) is 5.06. The molecule has 1 fully saturated rings. The second kappa shape index (κ2) is 5.24. The number of fused-ring (bicyclic) bond motifs is 3. The zero-order valence-corrected chi connectivity index (χ0v) is 13.4. The van der Waals surface area contributed by atoms with E-state index >= 15 is 0 Å². The summed E-state index contributed by atoms with van der Waals surface area (Å²) in [6.07, 6.45) is 6.35. The Kier molecular flexibility index (Phi) is 3.33. The van der Waals surface area contributed by atoms with Crippen molar-refractivity contribution < 1.29 is 8.42 Å². The van der Waals surface area contributed by atoms with Crippen molar-refractivity contribution in [3.8, 4) is 0 Å². The smallest absolute Gasteiger partial charge is 0.159 e. The predicted molar refractivity (Wildman–Crippen MR) is 90.7 cm³/mol. The molecule has 2 nitrogen and oxygen atoms in total. The third-order valence-corrected chi connectivity index (χ3v) is 7.61. The fourth-order valence-electron chi connectivity index (χ4n) is 3.88. The first-order valence-corrected chi connectivity index (χ1v) is 9.64. The van der Waals surface area contributed by atoms with Crippen molar-refractivity contribution in [2.75, 3.05) is 0 Å². The van der Waals surface area contributed by atoms with E-state index < -0.39 is 9.84 Å². The van der Waals surface area contributed by atoms with Gasteiger partial charge in [-0.05, 0) is 42.0 Å².